The quantitative estimate of drug-likeness (QED) is 0.866. The number of rotatable bonds is 5. The molecule has 0 saturated heterocycles. The Hall–Kier alpha value is -0.950. The van der Waals surface area contributed by atoms with Gasteiger partial charge in [0.2, 0.25) is 0 Å². The maximum absolute atomic E-state index is 11.5. The van der Waals surface area contributed by atoms with Gasteiger partial charge in [0.25, 0.3) is 0 Å². The van der Waals surface area contributed by atoms with Gasteiger partial charge >= 0.3 is 6.03 Å². The summed E-state index contributed by atoms with van der Waals surface area (Å²) in [5, 5.41) is 5.39. The van der Waals surface area contributed by atoms with Crippen molar-refractivity contribution in [2.75, 3.05) is 18.1 Å². The molecule has 2 unspecified atom stereocenters. The number of hydrogen-bond donors (Lipinski definition) is 2. The minimum absolute atomic E-state index is 0.0797. The van der Waals surface area contributed by atoms with E-state index in [1.54, 1.807) is 24.6 Å². The Bertz CT molecular complexity index is 425. The summed E-state index contributed by atoms with van der Waals surface area (Å²) in [7, 11) is -0.855. The molecule has 0 spiro atoms. The van der Waals surface area contributed by atoms with Crippen molar-refractivity contribution in [1.82, 2.24) is 10.3 Å². The number of hydrogen-bond acceptors (Lipinski definition) is 3. The maximum atomic E-state index is 11.5. The number of anilines is 1. The van der Waals surface area contributed by atoms with E-state index in [1.807, 2.05) is 6.92 Å². The van der Waals surface area contributed by atoms with Crippen LogP contribution in [0.5, 0.6) is 0 Å². The molecule has 0 aliphatic rings. The van der Waals surface area contributed by atoms with E-state index in [0.717, 1.165) is 4.47 Å². The lowest BCUT2D eigenvalue weighted by Crippen LogP contribution is -2.31. The lowest BCUT2D eigenvalue weighted by Gasteiger charge is -2.10. The summed E-state index contributed by atoms with van der Waals surface area (Å²) in [5.41, 5.74) is 0. The molecule has 7 heteroatoms. The summed E-state index contributed by atoms with van der Waals surface area (Å²) in [6.45, 7) is 2.38. The van der Waals surface area contributed by atoms with Crippen LogP contribution in [0.3, 0.4) is 0 Å². The molecule has 0 aromatic carbocycles. The van der Waals surface area contributed by atoms with Gasteiger partial charge in [0.1, 0.15) is 5.82 Å². The Morgan fingerprint density at radius 1 is 1.56 bits per heavy atom. The normalized spacial score (nSPS) is 13.7. The summed E-state index contributed by atoms with van der Waals surface area (Å²) in [6.07, 6.45) is 3.96. The van der Waals surface area contributed by atoms with E-state index in [9.17, 15) is 9.00 Å². The van der Waals surface area contributed by atoms with Crippen LogP contribution >= 0.6 is 15.9 Å². The van der Waals surface area contributed by atoms with E-state index in [1.165, 1.54) is 0 Å². The predicted molar refractivity (Wildman–Crippen MR) is 77.1 cm³/mol. The summed E-state index contributed by atoms with van der Waals surface area (Å²) >= 11 is 3.26. The molecule has 0 fully saturated rings. The fourth-order valence-electron chi connectivity index (χ4n) is 1.17. The highest BCUT2D eigenvalue weighted by atomic mass is 79.9. The Morgan fingerprint density at radius 3 is 2.83 bits per heavy atom. The van der Waals surface area contributed by atoms with E-state index in [4.69, 9.17) is 0 Å². The molecule has 2 amide bonds. The highest BCUT2D eigenvalue weighted by Crippen LogP contribution is 2.10. The highest BCUT2D eigenvalue weighted by molar-refractivity contribution is 9.10. The number of amides is 2. The smallest absolute Gasteiger partial charge is 0.320 e. The van der Waals surface area contributed by atoms with Gasteiger partial charge in [-0.3, -0.25) is 9.53 Å². The highest BCUT2D eigenvalue weighted by Gasteiger charge is 2.07. The van der Waals surface area contributed by atoms with E-state index in [-0.39, 0.29) is 11.3 Å². The largest absolute Gasteiger partial charge is 0.338 e. The van der Waals surface area contributed by atoms with Gasteiger partial charge in [0, 0.05) is 39.5 Å². The van der Waals surface area contributed by atoms with Gasteiger partial charge in [-0.15, -0.1) is 0 Å². The van der Waals surface area contributed by atoms with Crippen LogP contribution in [0.2, 0.25) is 0 Å². The topological polar surface area (TPSA) is 71.1 Å². The van der Waals surface area contributed by atoms with Crippen LogP contribution in [0.1, 0.15) is 13.3 Å². The predicted octanol–water partition coefficient (Wildman–Crippen LogP) is 2.12. The first kappa shape index (κ1) is 15.1. The number of aromatic nitrogens is 1. The number of urea groups is 1. The molecule has 18 heavy (non-hydrogen) atoms. The van der Waals surface area contributed by atoms with E-state index >= 15 is 0 Å². The van der Waals surface area contributed by atoms with Gasteiger partial charge in [-0.25, -0.2) is 9.78 Å². The molecular formula is C11H16BrN3O2S. The third kappa shape index (κ3) is 5.59. The fourth-order valence-corrected chi connectivity index (χ4v) is 1.85. The molecule has 0 radical (unpaired) electrons. The first-order valence-electron chi connectivity index (χ1n) is 5.47. The summed E-state index contributed by atoms with van der Waals surface area (Å²) < 4.78 is 12.0. The van der Waals surface area contributed by atoms with E-state index < -0.39 is 10.8 Å². The molecule has 1 heterocycles. The fraction of sp³-hybridized carbons (Fsp3) is 0.455. The molecule has 0 saturated carbocycles. The van der Waals surface area contributed by atoms with Crippen molar-refractivity contribution in [2.24, 2.45) is 0 Å². The van der Waals surface area contributed by atoms with Crippen molar-refractivity contribution in [3.8, 4) is 0 Å². The van der Waals surface area contributed by atoms with Crippen LogP contribution in [0.4, 0.5) is 10.6 Å². The molecule has 0 aliphatic heterocycles. The second-order valence-corrected chi connectivity index (χ2v) is 6.56. The summed E-state index contributed by atoms with van der Waals surface area (Å²) in [5.74, 6) is 0.489. The number of carbonyl (C=O) groups is 1. The zero-order valence-corrected chi connectivity index (χ0v) is 12.7. The van der Waals surface area contributed by atoms with Crippen LogP contribution in [0.25, 0.3) is 0 Å². The lowest BCUT2D eigenvalue weighted by molar-refractivity contribution is 0.252. The average Bonchev–Trinajstić information content (AvgIpc) is 2.32. The van der Waals surface area contributed by atoms with Gasteiger partial charge < -0.3 is 5.32 Å². The minimum atomic E-state index is -0.855. The maximum Gasteiger partial charge on any atom is 0.320 e. The molecule has 0 bridgehead atoms. The minimum Gasteiger partial charge on any atom is -0.338 e. The van der Waals surface area contributed by atoms with Crippen LogP contribution in [0, 0.1) is 0 Å². The molecule has 1 rings (SSSR count). The second-order valence-electron chi connectivity index (χ2n) is 3.84. The molecule has 1 aromatic heterocycles. The zero-order valence-electron chi connectivity index (χ0n) is 10.3. The molecular weight excluding hydrogens is 318 g/mol. The molecule has 2 N–H and O–H groups in total. The Labute approximate surface area is 117 Å². The number of pyridine rings is 1. The van der Waals surface area contributed by atoms with Crippen LogP contribution in [-0.4, -0.2) is 33.3 Å². The third-order valence-electron chi connectivity index (χ3n) is 2.37. The summed E-state index contributed by atoms with van der Waals surface area (Å²) in [4.78, 5) is 15.5. The first-order valence-corrected chi connectivity index (χ1v) is 7.89. The molecule has 100 valence electrons. The van der Waals surface area contributed by atoms with Gasteiger partial charge in [-0.1, -0.05) is 6.92 Å². The summed E-state index contributed by atoms with van der Waals surface area (Å²) in [6, 6.07) is 3.19. The van der Waals surface area contributed by atoms with Crippen molar-refractivity contribution < 1.29 is 9.00 Å². The van der Waals surface area contributed by atoms with Gasteiger partial charge in [-0.05, 0) is 34.5 Å². The lowest BCUT2D eigenvalue weighted by atomic mass is 10.3. The van der Waals surface area contributed by atoms with Gasteiger partial charge in [-0.2, -0.15) is 0 Å². The third-order valence-corrected chi connectivity index (χ3v) is 4.21. The van der Waals surface area contributed by atoms with Crippen molar-refractivity contribution in [2.45, 2.75) is 18.6 Å². The molecule has 1 aromatic rings. The van der Waals surface area contributed by atoms with Gasteiger partial charge in [0.15, 0.2) is 0 Å². The molecule has 0 aliphatic carbocycles. The average molecular weight is 334 g/mol. The number of halogens is 1. The van der Waals surface area contributed by atoms with Crippen molar-refractivity contribution >= 4 is 38.6 Å². The molecule has 2 atom stereocenters. The zero-order chi connectivity index (χ0) is 13.5. The number of carbonyl (C=O) groups excluding carboxylic acids is 1. The SMILES string of the molecule is CC(CCNC(=O)Nc1ccc(Br)cn1)S(C)=O. The van der Waals surface area contributed by atoms with Crippen LogP contribution < -0.4 is 10.6 Å². The second kappa shape index (κ2) is 7.48. The van der Waals surface area contributed by atoms with Crippen molar-refractivity contribution in [3.05, 3.63) is 22.8 Å². The van der Waals surface area contributed by atoms with Gasteiger partial charge in [0.05, 0.1) is 0 Å². The Balaban J connectivity index is 2.30. The standard InChI is InChI=1S/C11H16BrN3O2S/c1-8(18(2)17)5-6-13-11(16)15-10-4-3-9(12)7-14-10/h3-4,7-8H,5-6H2,1-2H3,(H2,13,14,15,16). The van der Waals surface area contributed by atoms with Crippen molar-refractivity contribution in [1.29, 1.82) is 0 Å². The Morgan fingerprint density at radius 2 is 2.28 bits per heavy atom. The number of nitrogens with zero attached hydrogens (tertiary/aromatic N) is 1. The van der Waals surface area contributed by atoms with Crippen molar-refractivity contribution in [3.63, 3.8) is 0 Å². The van der Waals surface area contributed by atoms with E-state index in [0.29, 0.717) is 18.8 Å². The monoisotopic (exact) mass is 333 g/mol. The van der Waals surface area contributed by atoms with Crippen LogP contribution in [-0.2, 0) is 10.8 Å². The van der Waals surface area contributed by atoms with Crippen LogP contribution in [0.15, 0.2) is 22.8 Å². The Kier molecular flexibility index (Phi) is 6.28. The molecule has 5 nitrogen and oxygen atoms in total. The van der Waals surface area contributed by atoms with E-state index in [2.05, 4.69) is 31.5 Å². The number of nitrogens with one attached hydrogen (secondary N) is 2. The first-order chi connectivity index (χ1) is 8.49.